The van der Waals surface area contributed by atoms with E-state index in [2.05, 4.69) is 10.1 Å². The molecule has 2 aromatic rings. The fourth-order valence-electron chi connectivity index (χ4n) is 1.89. The second kappa shape index (κ2) is 6.76. The molecule has 120 valence electrons. The molecule has 0 aliphatic heterocycles. The van der Waals surface area contributed by atoms with E-state index >= 15 is 0 Å². The number of nitrogens with zero attached hydrogens (tertiary/aromatic N) is 1. The maximum absolute atomic E-state index is 12.3. The van der Waals surface area contributed by atoms with Crippen LogP contribution in [0.2, 0.25) is 0 Å². The highest BCUT2D eigenvalue weighted by atomic mass is 35.5. The number of fused-ring (bicyclic) bond motifs is 1. The van der Waals surface area contributed by atoms with E-state index in [1.807, 2.05) is 0 Å². The van der Waals surface area contributed by atoms with Gasteiger partial charge in [0.2, 0.25) is 0 Å². The number of esters is 1. The van der Waals surface area contributed by atoms with Gasteiger partial charge in [0, 0.05) is 29.4 Å². The van der Waals surface area contributed by atoms with Crippen LogP contribution in [0.15, 0.2) is 34.2 Å². The highest BCUT2D eigenvalue weighted by Gasteiger charge is 2.18. The largest absolute Gasteiger partial charge is 0.464 e. The Morgan fingerprint density at radius 3 is 2.78 bits per heavy atom. The summed E-state index contributed by atoms with van der Waals surface area (Å²) in [6.45, 7) is 0. The van der Waals surface area contributed by atoms with E-state index in [1.54, 1.807) is 24.7 Å². The minimum Gasteiger partial charge on any atom is -0.464 e. The van der Waals surface area contributed by atoms with Crippen LogP contribution in [0.4, 0.5) is 5.69 Å². The number of allylic oxidation sites excluding steroid dienone is 1. The molecule has 7 nitrogen and oxygen atoms in total. The molecule has 2 aromatic heterocycles. The summed E-state index contributed by atoms with van der Waals surface area (Å²) in [4.78, 5) is 23.8. The van der Waals surface area contributed by atoms with Crippen molar-refractivity contribution in [3.05, 3.63) is 39.8 Å². The third-order valence-corrected chi connectivity index (χ3v) is 4.06. The van der Waals surface area contributed by atoms with Crippen molar-refractivity contribution in [2.75, 3.05) is 12.4 Å². The third kappa shape index (κ3) is 3.49. The number of carbonyl (C=O) groups excluding carboxylic acids is 1. The first-order chi connectivity index (χ1) is 10.8. The molecule has 0 fully saturated rings. The number of hydrogen-bond donors (Lipinski definition) is 3. The molecule has 0 saturated carbocycles. The second-order valence-electron chi connectivity index (χ2n) is 4.52. The Morgan fingerprint density at radius 2 is 2.17 bits per heavy atom. The van der Waals surface area contributed by atoms with Crippen molar-refractivity contribution in [2.24, 2.45) is 7.05 Å². The van der Waals surface area contributed by atoms with Crippen molar-refractivity contribution < 1.29 is 9.53 Å². The van der Waals surface area contributed by atoms with Crippen LogP contribution in [0.25, 0.3) is 10.1 Å². The smallest absolute Gasteiger partial charge is 0.358 e. The zero-order chi connectivity index (χ0) is 17.1. The van der Waals surface area contributed by atoms with E-state index in [1.165, 1.54) is 15.9 Å². The maximum atomic E-state index is 12.3. The first-order valence-electron chi connectivity index (χ1n) is 6.32. The van der Waals surface area contributed by atoms with Crippen molar-refractivity contribution in [1.29, 1.82) is 10.8 Å². The van der Waals surface area contributed by atoms with Crippen LogP contribution in [0.5, 0.6) is 0 Å². The van der Waals surface area contributed by atoms with Gasteiger partial charge in [0.05, 0.1) is 23.9 Å². The third-order valence-electron chi connectivity index (χ3n) is 3.00. The predicted octanol–water partition coefficient (Wildman–Crippen LogP) is 2.30. The van der Waals surface area contributed by atoms with Crippen LogP contribution in [0, 0.1) is 10.8 Å². The zero-order valence-electron chi connectivity index (χ0n) is 12.3. The van der Waals surface area contributed by atoms with Gasteiger partial charge in [-0.15, -0.1) is 11.3 Å². The molecule has 0 aliphatic carbocycles. The quantitative estimate of drug-likeness (QED) is 0.566. The van der Waals surface area contributed by atoms with E-state index in [4.69, 9.17) is 22.4 Å². The van der Waals surface area contributed by atoms with Gasteiger partial charge in [-0.1, -0.05) is 11.6 Å². The Labute approximate surface area is 140 Å². The number of ether oxygens (including phenoxy) is 1. The first-order valence-corrected chi connectivity index (χ1v) is 7.57. The minimum absolute atomic E-state index is 0.0255. The molecule has 0 saturated heterocycles. The molecule has 0 aromatic carbocycles. The zero-order valence-corrected chi connectivity index (χ0v) is 13.8. The van der Waals surface area contributed by atoms with Gasteiger partial charge in [-0.2, -0.15) is 0 Å². The van der Waals surface area contributed by atoms with Crippen LogP contribution >= 0.6 is 22.9 Å². The minimum atomic E-state index is -0.880. The number of methoxy groups -OCH3 is 1. The van der Waals surface area contributed by atoms with Crippen LogP contribution in [0.3, 0.4) is 0 Å². The van der Waals surface area contributed by atoms with E-state index < -0.39 is 11.7 Å². The topological polar surface area (TPSA) is 108 Å². The van der Waals surface area contributed by atoms with Crippen molar-refractivity contribution in [3.8, 4) is 0 Å². The highest BCUT2D eigenvalue weighted by molar-refractivity contribution is 7.17. The molecule has 0 spiro atoms. The number of anilines is 1. The van der Waals surface area contributed by atoms with Gasteiger partial charge in [-0.05, 0) is 6.07 Å². The van der Waals surface area contributed by atoms with E-state index in [0.717, 1.165) is 17.9 Å². The summed E-state index contributed by atoms with van der Waals surface area (Å²) in [6.07, 6.45) is 2.77. The molecular weight excluding hydrogens is 340 g/mol. The molecule has 9 heteroatoms. The van der Waals surface area contributed by atoms with Gasteiger partial charge in [0.15, 0.2) is 5.71 Å². The summed E-state index contributed by atoms with van der Waals surface area (Å²) < 4.78 is 6.70. The lowest BCUT2D eigenvalue weighted by atomic mass is 10.2. The van der Waals surface area contributed by atoms with Crippen molar-refractivity contribution in [2.45, 2.75) is 0 Å². The number of thiophene rings is 1. The molecular formula is C14H13ClN4O3S. The normalized spacial score (nSPS) is 11.3. The van der Waals surface area contributed by atoms with Crippen LogP contribution in [-0.2, 0) is 16.6 Å². The molecule has 0 atom stereocenters. The maximum Gasteiger partial charge on any atom is 0.358 e. The summed E-state index contributed by atoms with van der Waals surface area (Å²) in [5, 5.41) is 19.7. The number of rotatable bonds is 5. The van der Waals surface area contributed by atoms with Crippen molar-refractivity contribution in [1.82, 2.24) is 4.57 Å². The number of aryl methyl sites for hydroxylation is 1. The molecule has 0 amide bonds. The van der Waals surface area contributed by atoms with E-state index in [0.29, 0.717) is 11.1 Å². The Kier molecular flexibility index (Phi) is 4.97. The average molecular weight is 353 g/mol. The van der Waals surface area contributed by atoms with E-state index in [9.17, 15) is 9.59 Å². The lowest BCUT2D eigenvalue weighted by molar-refractivity contribution is -0.132. The molecule has 23 heavy (non-hydrogen) atoms. The monoisotopic (exact) mass is 352 g/mol. The SMILES string of the molecule is COC(=O)C(=N)/C(=C\C(=N)Cl)Nc1csc2ccn(C)c(=O)c12. The molecule has 3 N–H and O–H groups in total. The van der Waals surface area contributed by atoms with Gasteiger partial charge >= 0.3 is 5.97 Å². The molecule has 2 rings (SSSR count). The molecule has 0 radical (unpaired) electrons. The van der Waals surface area contributed by atoms with Gasteiger partial charge in [0.25, 0.3) is 5.56 Å². The Bertz CT molecular complexity index is 897. The summed E-state index contributed by atoms with van der Waals surface area (Å²) in [5.41, 5.74) is -0.298. The number of halogens is 1. The lowest BCUT2D eigenvalue weighted by Gasteiger charge is -2.10. The summed E-state index contributed by atoms with van der Waals surface area (Å²) in [5.74, 6) is -0.880. The van der Waals surface area contributed by atoms with Crippen LogP contribution in [0.1, 0.15) is 0 Å². The number of aromatic nitrogens is 1. The number of pyridine rings is 1. The summed E-state index contributed by atoms with van der Waals surface area (Å²) >= 11 is 6.88. The van der Waals surface area contributed by atoms with E-state index in [-0.39, 0.29) is 16.4 Å². The van der Waals surface area contributed by atoms with Gasteiger partial charge in [0.1, 0.15) is 5.17 Å². The standard InChI is InChI=1S/C14H13ClN4O3S/c1-19-4-3-9-11(13(19)20)8(6-23-9)18-7(5-10(15)16)12(17)14(21)22-2/h3-6,16-18H,1-2H3/b7-5+,16-10?,17-12?. The number of carbonyl (C=O) groups is 1. The van der Waals surface area contributed by atoms with Crippen molar-refractivity contribution in [3.63, 3.8) is 0 Å². The number of nitrogens with one attached hydrogen (secondary N) is 3. The molecule has 2 heterocycles. The lowest BCUT2D eigenvalue weighted by Crippen LogP contribution is -2.23. The Balaban J connectivity index is 2.51. The first kappa shape index (κ1) is 16.9. The Hall–Kier alpha value is -2.45. The average Bonchev–Trinajstić information content (AvgIpc) is 2.92. The van der Waals surface area contributed by atoms with Gasteiger partial charge < -0.3 is 14.6 Å². The summed E-state index contributed by atoms with van der Waals surface area (Å²) in [7, 11) is 2.78. The van der Waals surface area contributed by atoms with Gasteiger partial charge in [-0.3, -0.25) is 15.6 Å². The predicted molar refractivity (Wildman–Crippen MR) is 92.1 cm³/mol. The number of hydrogen-bond acceptors (Lipinski definition) is 7. The second-order valence-corrected chi connectivity index (χ2v) is 5.84. The Morgan fingerprint density at radius 1 is 1.48 bits per heavy atom. The molecule has 0 aliphatic rings. The summed E-state index contributed by atoms with van der Waals surface area (Å²) in [6, 6.07) is 1.80. The molecule has 0 bridgehead atoms. The van der Waals surface area contributed by atoms with Crippen LogP contribution in [-0.4, -0.2) is 28.5 Å². The highest BCUT2D eigenvalue weighted by Crippen LogP contribution is 2.28. The van der Waals surface area contributed by atoms with Gasteiger partial charge in [-0.25, -0.2) is 4.79 Å². The fourth-order valence-corrected chi connectivity index (χ4v) is 2.87. The fraction of sp³-hybridized carbons (Fsp3) is 0.143. The van der Waals surface area contributed by atoms with Crippen LogP contribution < -0.4 is 10.9 Å². The molecule has 0 unspecified atom stereocenters. The van der Waals surface area contributed by atoms with Crippen molar-refractivity contribution >= 4 is 55.6 Å².